The van der Waals surface area contributed by atoms with Crippen molar-refractivity contribution in [2.24, 2.45) is 0 Å². The van der Waals surface area contributed by atoms with Crippen LogP contribution in [0.15, 0.2) is 18.2 Å². The van der Waals surface area contributed by atoms with Crippen molar-refractivity contribution in [3.05, 3.63) is 29.0 Å². The SMILES string of the molecule is O=C(CCN(CCCN1CCOCC1)c1nc(C2CC2)nc2cc(Cl)ccc12)N1CCCC1. The molecule has 178 valence electrons. The molecule has 0 bridgehead atoms. The van der Waals surface area contributed by atoms with E-state index >= 15 is 0 Å². The first-order chi connectivity index (χ1) is 16.2. The quantitative estimate of drug-likeness (QED) is 0.555. The van der Waals surface area contributed by atoms with Gasteiger partial charge in [0, 0.05) is 68.6 Å². The fourth-order valence-electron chi connectivity index (χ4n) is 4.86. The zero-order valence-corrected chi connectivity index (χ0v) is 20.1. The molecule has 2 aromatic rings. The maximum absolute atomic E-state index is 12.8. The second-order valence-electron chi connectivity index (χ2n) is 9.47. The highest BCUT2D eigenvalue weighted by molar-refractivity contribution is 6.31. The lowest BCUT2D eigenvalue weighted by atomic mass is 10.2. The van der Waals surface area contributed by atoms with E-state index in [4.69, 9.17) is 26.3 Å². The van der Waals surface area contributed by atoms with Crippen LogP contribution >= 0.6 is 11.6 Å². The molecule has 33 heavy (non-hydrogen) atoms. The highest BCUT2D eigenvalue weighted by atomic mass is 35.5. The lowest BCUT2D eigenvalue weighted by Crippen LogP contribution is -2.39. The third-order valence-electron chi connectivity index (χ3n) is 6.96. The molecule has 1 aromatic carbocycles. The molecule has 1 aliphatic carbocycles. The lowest BCUT2D eigenvalue weighted by Gasteiger charge is -2.29. The Balaban J connectivity index is 1.37. The second-order valence-corrected chi connectivity index (χ2v) is 9.91. The number of aromatic nitrogens is 2. The van der Waals surface area contributed by atoms with Gasteiger partial charge in [-0.3, -0.25) is 9.69 Å². The van der Waals surface area contributed by atoms with E-state index in [9.17, 15) is 4.79 Å². The maximum Gasteiger partial charge on any atom is 0.224 e. The van der Waals surface area contributed by atoms with Gasteiger partial charge in [0.15, 0.2) is 0 Å². The molecule has 2 saturated heterocycles. The summed E-state index contributed by atoms with van der Waals surface area (Å²) in [4.78, 5) is 29.5. The van der Waals surface area contributed by atoms with Gasteiger partial charge in [-0.25, -0.2) is 9.97 Å². The minimum atomic E-state index is 0.259. The predicted molar refractivity (Wildman–Crippen MR) is 131 cm³/mol. The van der Waals surface area contributed by atoms with Crippen molar-refractivity contribution in [1.82, 2.24) is 19.8 Å². The summed E-state index contributed by atoms with van der Waals surface area (Å²) >= 11 is 6.30. The van der Waals surface area contributed by atoms with Gasteiger partial charge in [0.1, 0.15) is 11.6 Å². The topological polar surface area (TPSA) is 61.8 Å². The van der Waals surface area contributed by atoms with E-state index in [0.717, 1.165) is 107 Å². The largest absolute Gasteiger partial charge is 0.379 e. The van der Waals surface area contributed by atoms with Crippen LogP contribution in [0, 0.1) is 0 Å². The molecule has 8 heteroatoms. The van der Waals surface area contributed by atoms with Crippen LogP contribution in [0.5, 0.6) is 0 Å². The summed E-state index contributed by atoms with van der Waals surface area (Å²) in [6.07, 6.45) is 6.09. The number of carbonyl (C=O) groups excluding carboxylic acids is 1. The Labute approximate surface area is 201 Å². The smallest absolute Gasteiger partial charge is 0.224 e. The number of fused-ring (bicyclic) bond motifs is 1. The van der Waals surface area contributed by atoms with Gasteiger partial charge in [-0.05, 0) is 50.3 Å². The Morgan fingerprint density at radius 2 is 1.88 bits per heavy atom. The number of hydrogen-bond acceptors (Lipinski definition) is 6. The molecule has 5 rings (SSSR count). The molecule has 0 spiro atoms. The Kier molecular flexibility index (Phi) is 7.28. The average Bonchev–Trinajstić information content (AvgIpc) is 3.54. The van der Waals surface area contributed by atoms with Gasteiger partial charge in [-0.2, -0.15) is 0 Å². The molecule has 0 unspecified atom stereocenters. The monoisotopic (exact) mass is 471 g/mol. The number of morpholine rings is 1. The number of carbonyl (C=O) groups is 1. The van der Waals surface area contributed by atoms with E-state index in [1.54, 1.807) is 0 Å². The number of nitrogens with zero attached hydrogens (tertiary/aromatic N) is 5. The van der Waals surface area contributed by atoms with E-state index in [1.165, 1.54) is 0 Å². The average molecular weight is 472 g/mol. The molecule has 3 heterocycles. The van der Waals surface area contributed by atoms with Crippen LogP contribution in [0.25, 0.3) is 10.9 Å². The van der Waals surface area contributed by atoms with E-state index in [-0.39, 0.29) is 5.91 Å². The molecular weight excluding hydrogens is 438 g/mol. The first-order valence-electron chi connectivity index (χ1n) is 12.5. The van der Waals surface area contributed by atoms with Crippen molar-refractivity contribution in [3.8, 4) is 0 Å². The highest BCUT2D eigenvalue weighted by Crippen LogP contribution is 2.40. The molecule has 3 fully saturated rings. The minimum absolute atomic E-state index is 0.259. The normalized spacial score (nSPS) is 19.4. The van der Waals surface area contributed by atoms with Crippen LogP contribution in [0.1, 0.15) is 50.3 Å². The minimum Gasteiger partial charge on any atom is -0.379 e. The highest BCUT2D eigenvalue weighted by Gasteiger charge is 2.29. The van der Waals surface area contributed by atoms with E-state index in [2.05, 4.69) is 9.80 Å². The Morgan fingerprint density at radius 1 is 1.09 bits per heavy atom. The molecule has 1 amide bonds. The summed E-state index contributed by atoms with van der Waals surface area (Å²) in [5, 5.41) is 1.71. The molecule has 1 saturated carbocycles. The Bertz CT molecular complexity index is 971. The molecule has 2 aliphatic heterocycles. The van der Waals surface area contributed by atoms with Crippen molar-refractivity contribution in [2.75, 3.05) is 63.9 Å². The summed E-state index contributed by atoms with van der Waals surface area (Å²) in [6.45, 7) is 7.99. The number of hydrogen-bond donors (Lipinski definition) is 0. The summed E-state index contributed by atoms with van der Waals surface area (Å²) in [5.74, 6) is 2.58. The second kappa shape index (κ2) is 10.5. The van der Waals surface area contributed by atoms with Crippen LogP contribution < -0.4 is 4.90 Å². The van der Waals surface area contributed by atoms with Crippen LogP contribution in [-0.4, -0.2) is 84.7 Å². The standard InChI is InChI=1S/C25H34ClN5O2/c26-20-6-7-21-22(18-20)27-24(19-4-5-19)28-25(21)31(12-3-9-29-14-16-33-17-15-29)13-8-23(32)30-10-1-2-11-30/h6-7,18-19H,1-5,8-17H2. The van der Waals surface area contributed by atoms with Gasteiger partial charge in [0.25, 0.3) is 0 Å². The molecule has 0 atom stereocenters. The first kappa shape index (κ1) is 22.8. The van der Waals surface area contributed by atoms with Crippen LogP contribution in [-0.2, 0) is 9.53 Å². The molecule has 0 radical (unpaired) electrons. The van der Waals surface area contributed by atoms with Crippen molar-refractivity contribution >= 4 is 34.2 Å². The summed E-state index contributed by atoms with van der Waals surface area (Å²) in [7, 11) is 0. The van der Waals surface area contributed by atoms with Gasteiger partial charge in [0.05, 0.1) is 18.7 Å². The van der Waals surface area contributed by atoms with Gasteiger partial charge >= 0.3 is 0 Å². The number of ether oxygens (including phenoxy) is 1. The Morgan fingerprint density at radius 3 is 2.64 bits per heavy atom. The fourth-order valence-corrected chi connectivity index (χ4v) is 5.02. The number of likely N-dealkylation sites (tertiary alicyclic amines) is 1. The van der Waals surface area contributed by atoms with Crippen molar-refractivity contribution in [3.63, 3.8) is 0 Å². The zero-order valence-electron chi connectivity index (χ0n) is 19.3. The van der Waals surface area contributed by atoms with E-state index in [0.29, 0.717) is 23.9 Å². The van der Waals surface area contributed by atoms with E-state index < -0.39 is 0 Å². The van der Waals surface area contributed by atoms with Crippen molar-refractivity contribution in [2.45, 2.75) is 44.4 Å². The van der Waals surface area contributed by atoms with Gasteiger partial charge in [0.2, 0.25) is 5.91 Å². The molecule has 0 N–H and O–H groups in total. The number of benzene rings is 1. The van der Waals surface area contributed by atoms with Crippen LogP contribution in [0.3, 0.4) is 0 Å². The third-order valence-corrected chi connectivity index (χ3v) is 7.19. The van der Waals surface area contributed by atoms with Crippen molar-refractivity contribution < 1.29 is 9.53 Å². The number of rotatable bonds is 9. The van der Waals surface area contributed by atoms with E-state index in [1.807, 2.05) is 23.1 Å². The molecule has 3 aliphatic rings. The maximum atomic E-state index is 12.8. The van der Waals surface area contributed by atoms with Gasteiger partial charge in [-0.15, -0.1) is 0 Å². The van der Waals surface area contributed by atoms with Crippen molar-refractivity contribution in [1.29, 1.82) is 0 Å². The first-order valence-corrected chi connectivity index (χ1v) is 12.9. The molecule has 7 nitrogen and oxygen atoms in total. The predicted octanol–water partition coefficient (Wildman–Crippen LogP) is 3.70. The number of halogens is 1. The zero-order chi connectivity index (χ0) is 22.6. The van der Waals surface area contributed by atoms with Gasteiger partial charge < -0.3 is 14.5 Å². The molecular formula is C25H34ClN5O2. The number of anilines is 1. The molecule has 1 aromatic heterocycles. The third kappa shape index (κ3) is 5.76. The fraction of sp³-hybridized carbons (Fsp3) is 0.640. The van der Waals surface area contributed by atoms with Crippen LogP contribution in [0.2, 0.25) is 5.02 Å². The lowest BCUT2D eigenvalue weighted by molar-refractivity contribution is -0.129. The van der Waals surface area contributed by atoms with Gasteiger partial charge in [-0.1, -0.05) is 11.6 Å². The number of amides is 1. The van der Waals surface area contributed by atoms with Crippen LogP contribution in [0.4, 0.5) is 5.82 Å². The summed E-state index contributed by atoms with van der Waals surface area (Å²) < 4.78 is 5.49. The summed E-state index contributed by atoms with van der Waals surface area (Å²) in [5.41, 5.74) is 0.901. The summed E-state index contributed by atoms with van der Waals surface area (Å²) in [6, 6.07) is 5.88. The Hall–Kier alpha value is -1.96.